The van der Waals surface area contributed by atoms with Crippen molar-refractivity contribution in [2.24, 2.45) is 0 Å². The summed E-state index contributed by atoms with van der Waals surface area (Å²) >= 11 is 3.43. The van der Waals surface area contributed by atoms with Crippen LogP contribution in [0.3, 0.4) is 0 Å². The molecule has 5 heteroatoms. The van der Waals surface area contributed by atoms with Gasteiger partial charge in [-0.15, -0.1) is 5.10 Å². The van der Waals surface area contributed by atoms with E-state index in [9.17, 15) is 0 Å². The predicted molar refractivity (Wildman–Crippen MR) is 87.6 cm³/mol. The zero-order valence-corrected chi connectivity index (χ0v) is 14.4. The highest BCUT2D eigenvalue weighted by molar-refractivity contribution is 9.10. The molecular formula is C16H20BrN3O. The minimum Gasteiger partial charge on any atom is -0.437 e. The molecule has 21 heavy (non-hydrogen) atoms. The molecule has 4 nitrogen and oxygen atoms in total. The Balaban J connectivity index is 2.02. The largest absolute Gasteiger partial charge is 0.437 e. The Morgan fingerprint density at radius 2 is 1.90 bits per heavy atom. The minimum atomic E-state index is 0.0609. The number of rotatable bonds is 4. The van der Waals surface area contributed by atoms with Gasteiger partial charge in [0.25, 0.3) is 0 Å². The summed E-state index contributed by atoms with van der Waals surface area (Å²) in [7, 11) is 0. The van der Waals surface area contributed by atoms with Crippen molar-refractivity contribution in [2.75, 3.05) is 0 Å². The van der Waals surface area contributed by atoms with Crippen molar-refractivity contribution in [2.45, 2.75) is 39.8 Å². The molecule has 0 amide bonds. The number of benzene rings is 1. The Morgan fingerprint density at radius 3 is 2.48 bits per heavy atom. The molecule has 0 radical (unpaired) electrons. The number of hydrogen-bond acceptors (Lipinski definition) is 4. The van der Waals surface area contributed by atoms with Gasteiger partial charge in [-0.3, -0.25) is 0 Å². The Hall–Kier alpha value is -1.46. The lowest BCUT2D eigenvalue weighted by Gasteiger charge is -2.19. The van der Waals surface area contributed by atoms with E-state index in [1.54, 1.807) is 0 Å². The zero-order valence-electron chi connectivity index (χ0n) is 12.8. The molecule has 0 saturated heterocycles. The molecule has 0 aliphatic rings. The fraction of sp³-hybridized carbons (Fsp3) is 0.375. The number of nitrogens with one attached hydrogen (secondary N) is 1. The van der Waals surface area contributed by atoms with Crippen molar-refractivity contribution < 1.29 is 4.74 Å². The zero-order chi connectivity index (χ0) is 15.5. The third-order valence-electron chi connectivity index (χ3n) is 2.85. The molecule has 0 atom stereocenters. The van der Waals surface area contributed by atoms with E-state index in [0.29, 0.717) is 12.4 Å². The van der Waals surface area contributed by atoms with E-state index in [1.807, 2.05) is 37.3 Å². The van der Waals surface area contributed by atoms with Crippen LogP contribution in [0.5, 0.6) is 11.6 Å². The van der Waals surface area contributed by atoms with E-state index in [0.717, 1.165) is 21.5 Å². The van der Waals surface area contributed by atoms with E-state index >= 15 is 0 Å². The maximum atomic E-state index is 5.75. The number of aromatic nitrogens is 2. The lowest BCUT2D eigenvalue weighted by Crippen LogP contribution is -2.35. The average Bonchev–Trinajstić information content (AvgIpc) is 2.40. The molecule has 0 unspecified atom stereocenters. The lowest BCUT2D eigenvalue weighted by atomic mass is 10.1. The fourth-order valence-corrected chi connectivity index (χ4v) is 2.17. The number of nitrogens with zero attached hydrogens (tertiary/aromatic N) is 2. The van der Waals surface area contributed by atoms with Crippen LogP contribution in [-0.4, -0.2) is 15.7 Å². The first-order valence-electron chi connectivity index (χ1n) is 6.85. The first kappa shape index (κ1) is 15.9. The van der Waals surface area contributed by atoms with Crippen molar-refractivity contribution in [3.8, 4) is 11.6 Å². The standard InChI is InChI=1S/C16H20BrN3O/c1-11-9-12(17)5-7-14(11)21-15-8-6-13(19-20-15)10-18-16(2,3)4/h5-9,18H,10H2,1-4H3. The third kappa shape index (κ3) is 5.10. The fourth-order valence-electron chi connectivity index (χ4n) is 1.69. The Kier molecular flexibility index (Phi) is 4.96. The van der Waals surface area contributed by atoms with E-state index < -0.39 is 0 Å². The highest BCUT2D eigenvalue weighted by Crippen LogP contribution is 2.26. The highest BCUT2D eigenvalue weighted by atomic mass is 79.9. The Bertz CT molecular complexity index is 606. The molecule has 0 aliphatic heterocycles. The summed E-state index contributed by atoms with van der Waals surface area (Å²) in [5, 5.41) is 11.7. The highest BCUT2D eigenvalue weighted by Gasteiger charge is 2.09. The number of hydrogen-bond donors (Lipinski definition) is 1. The van der Waals surface area contributed by atoms with Crippen LogP contribution >= 0.6 is 15.9 Å². The third-order valence-corrected chi connectivity index (χ3v) is 3.34. The second kappa shape index (κ2) is 6.54. The molecule has 1 N–H and O–H groups in total. The first-order valence-corrected chi connectivity index (χ1v) is 7.64. The second-order valence-electron chi connectivity index (χ2n) is 5.98. The van der Waals surface area contributed by atoms with Crippen LogP contribution in [0.25, 0.3) is 0 Å². The smallest absolute Gasteiger partial charge is 0.238 e. The van der Waals surface area contributed by atoms with Gasteiger partial charge in [-0.2, -0.15) is 5.10 Å². The summed E-state index contributed by atoms with van der Waals surface area (Å²) in [6.07, 6.45) is 0. The molecule has 1 aromatic heterocycles. The SMILES string of the molecule is Cc1cc(Br)ccc1Oc1ccc(CNC(C)(C)C)nn1. The van der Waals surface area contributed by atoms with E-state index in [-0.39, 0.29) is 5.54 Å². The van der Waals surface area contributed by atoms with Gasteiger partial charge in [0, 0.05) is 22.6 Å². The van der Waals surface area contributed by atoms with Crippen LogP contribution in [0.2, 0.25) is 0 Å². The van der Waals surface area contributed by atoms with Gasteiger partial charge in [-0.05, 0) is 57.5 Å². The van der Waals surface area contributed by atoms with Gasteiger partial charge in [0.1, 0.15) is 5.75 Å². The van der Waals surface area contributed by atoms with Gasteiger partial charge in [0.15, 0.2) is 0 Å². The predicted octanol–water partition coefficient (Wildman–Crippen LogP) is 4.23. The van der Waals surface area contributed by atoms with Crippen LogP contribution in [0.1, 0.15) is 32.0 Å². The van der Waals surface area contributed by atoms with Gasteiger partial charge in [-0.25, -0.2) is 0 Å². The van der Waals surface area contributed by atoms with Gasteiger partial charge in [0.05, 0.1) is 5.69 Å². The van der Waals surface area contributed by atoms with Crippen LogP contribution < -0.4 is 10.1 Å². The summed E-state index contributed by atoms with van der Waals surface area (Å²) in [5.74, 6) is 1.29. The van der Waals surface area contributed by atoms with Gasteiger partial charge < -0.3 is 10.1 Å². The molecule has 1 heterocycles. The van der Waals surface area contributed by atoms with Crippen molar-refractivity contribution in [3.05, 3.63) is 46.1 Å². The normalized spacial score (nSPS) is 11.5. The van der Waals surface area contributed by atoms with Crippen LogP contribution in [0.15, 0.2) is 34.8 Å². The summed E-state index contributed by atoms with van der Waals surface area (Å²) in [4.78, 5) is 0. The summed E-state index contributed by atoms with van der Waals surface area (Å²) in [5.41, 5.74) is 2.00. The number of halogens is 1. The van der Waals surface area contributed by atoms with E-state index in [4.69, 9.17) is 4.74 Å². The molecule has 2 aromatic rings. The molecule has 0 bridgehead atoms. The molecule has 112 valence electrons. The van der Waals surface area contributed by atoms with Crippen molar-refractivity contribution in [1.29, 1.82) is 0 Å². The Morgan fingerprint density at radius 1 is 1.14 bits per heavy atom. The number of ether oxygens (including phenoxy) is 1. The summed E-state index contributed by atoms with van der Waals surface area (Å²) in [6, 6.07) is 9.63. The first-order chi connectivity index (χ1) is 9.83. The quantitative estimate of drug-likeness (QED) is 0.897. The van der Waals surface area contributed by atoms with Crippen LogP contribution in [-0.2, 0) is 6.54 Å². The van der Waals surface area contributed by atoms with Crippen LogP contribution in [0.4, 0.5) is 0 Å². The summed E-state index contributed by atoms with van der Waals surface area (Å²) < 4.78 is 6.78. The summed E-state index contributed by atoms with van der Waals surface area (Å²) in [6.45, 7) is 9.04. The minimum absolute atomic E-state index is 0.0609. The monoisotopic (exact) mass is 349 g/mol. The maximum absolute atomic E-state index is 5.75. The van der Waals surface area contributed by atoms with E-state index in [2.05, 4.69) is 52.2 Å². The van der Waals surface area contributed by atoms with Crippen molar-refractivity contribution in [3.63, 3.8) is 0 Å². The molecule has 0 aliphatic carbocycles. The molecule has 1 aromatic carbocycles. The molecule has 0 fully saturated rings. The molecule has 2 rings (SSSR count). The lowest BCUT2D eigenvalue weighted by molar-refractivity contribution is 0.416. The maximum Gasteiger partial charge on any atom is 0.238 e. The van der Waals surface area contributed by atoms with Crippen LogP contribution in [0, 0.1) is 6.92 Å². The second-order valence-corrected chi connectivity index (χ2v) is 6.89. The van der Waals surface area contributed by atoms with Gasteiger partial charge >= 0.3 is 0 Å². The Labute approximate surface area is 134 Å². The van der Waals surface area contributed by atoms with Crippen molar-refractivity contribution in [1.82, 2.24) is 15.5 Å². The van der Waals surface area contributed by atoms with Gasteiger partial charge in [0.2, 0.25) is 5.88 Å². The topological polar surface area (TPSA) is 47.0 Å². The molecule has 0 saturated carbocycles. The average molecular weight is 350 g/mol. The van der Waals surface area contributed by atoms with E-state index in [1.165, 1.54) is 0 Å². The number of aryl methyl sites for hydroxylation is 1. The molecular weight excluding hydrogens is 330 g/mol. The molecule has 0 spiro atoms. The van der Waals surface area contributed by atoms with Crippen molar-refractivity contribution >= 4 is 15.9 Å². The van der Waals surface area contributed by atoms with Gasteiger partial charge in [-0.1, -0.05) is 15.9 Å².